The van der Waals surface area contributed by atoms with Crippen molar-refractivity contribution in [2.24, 2.45) is 5.92 Å². The molecule has 27 heavy (non-hydrogen) atoms. The van der Waals surface area contributed by atoms with Gasteiger partial charge in [0, 0.05) is 29.4 Å². The van der Waals surface area contributed by atoms with Gasteiger partial charge in [-0.2, -0.15) is 8.78 Å². The van der Waals surface area contributed by atoms with Crippen LogP contribution in [-0.4, -0.2) is 25.0 Å². The number of halogens is 3. The molecule has 1 aliphatic heterocycles. The summed E-state index contributed by atoms with van der Waals surface area (Å²) in [5.41, 5.74) is 1.08. The van der Waals surface area contributed by atoms with E-state index < -0.39 is 18.4 Å². The third-order valence-corrected chi connectivity index (χ3v) is 4.55. The van der Waals surface area contributed by atoms with Crippen LogP contribution in [0.15, 0.2) is 48.5 Å². The van der Waals surface area contributed by atoms with Gasteiger partial charge in [0.05, 0.1) is 0 Å². The minimum absolute atomic E-state index is 0.00617. The Hall–Kier alpha value is -2.67. The van der Waals surface area contributed by atoms with Crippen LogP contribution in [0.5, 0.6) is 5.75 Å². The van der Waals surface area contributed by atoms with E-state index in [1.165, 1.54) is 11.0 Å². The number of hydrogen-bond acceptors (Lipinski definition) is 3. The van der Waals surface area contributed by atoms with Crippen molar-refractivity contribution < 1.29 is 23.1 Å². The van der Waals surface area contributed by atoms with Crippen LogP contribution >= 0.6 is 11.6 Å². The van der Waals surface area contributed by atoms with Crippen molar-refractivity contribution in [2.75, 3.05) is 11.4 Å². The molecule has 3 rings (SSSR count). The zero-order valence-electron chi connectivity index (χ0n) is 14.2. The van der Waals surface area contributed by atoms with Crippen molar-refractivity contribution in [2.45, 2.75) is 19.6 Å². The summed E-state index contributed by atoms with van der Waals surface area (Å²) < 4.78 is 29.4. The lowest BCUT2D eigenvalue weighted by Gasteiger charge is -2.17. The monoisotopic (exact) mass is 394 g/mol. The number of ether oxygens (including phenoxy) is 1. The summed E-state index contributed by atoms with van der Waals surface area (Å²) in [6.45, 7) is -2.54. The van der Waals surface area contributed by atoms with Crippen molar-refractivity contribution in [1.29, 1.82) is 0 Å². The van der Waals surface area contributed by atoms with Crippen LogP contribution in [0.3, 0.4) is 0 Å². The van der Waals surface area contributed by atoms with Crippen molar-refractivity contribution >= 4 is 29.1 Å². The number of anilines is 1. The summed E-state index contributed by atoms with van der Waals surface area (Å²) in [6.07, 6.45) is 0.377. The van der Waals surface area contributed by atoms with Gasteiger partial charge in [-0.05, 0) is 36.8 Å². The van der Waals surface area contributed by atoms with E-state index >= 15 is 0 Å². The zero-order valence-corrected chi connectivity index (χ0v) is 15.0. The van der Waals surface area contributed by atoms with E-state index in [0.717, 1.165) is 0 Å². The third kappa shape index (κ3) is 4.54. The first-order valence-electron chi connectivity index (χ1n) is 8.33. The Balaban J connectivity index is 1.62. The molecule has 2 aromatic rings. The van der Waals surface area contributed by atoms with Gasteiger partial charge in [0.25, 0.3) is 0 Å². The Morgan fingerprint density at radius 2 is 1.93 bits per heavy atom. The zero-order chi connectivity index (χ0) is 19.4. The highest BCUT2D eigenvalue weighted by Crippen LogP contribution is 2.27. The Bertz CT molecular complexity index is 830. The van der Waals surface area contributed by atoms with Gasteiger partial charge in [-0.3, -0.25) is 9.59 Å². The molecule has 0 aliphatic carbocycles. The van der Waals surface area contributed by atoms with Gasteiger partial charge in [0.15, 0.2) is 0 Å². The lowest BCUT2D eigenvalue weighted by Crippen LogP contribution is -2.36. The first-order valence-corrected chi connectivity index (χ1v) is 8.71. The number of nitrogens with zero attached hydrogens (tertiary/aromatic N) is 1. The topological polar surface area (TPSA) is 58.6 Å². The molecule has 8 heteroatoms. The average molecular weight is 395 g/mol. The maximum absolute atomic E-state index is 12.6. The molecule has 0 aromatic heterocycles. The molecule has 2 aromatic carbocycles. The van der Waals surface area contributed by atoms with Crippen molar-refractivity contribution in [3.63, 3.8) is 0 Å². The molecule has 1 atom stereocenters. The molecule has 0 saturated carbocycles. The number of nitrogens with one attached hydrogen (secondary N) is 1. The van der Waals surface area contributed by atoms with Crippen molar-refractivity contribution in [1.82, 2.24) is 5.32 Å². The van der Waals surface area contributed by atoms with Crippen LogP contribution in [0.2, 0.25) is 5.02 Å². The van der Waals surface area contributed by atoms with Gasteiger partial charge < -0.3 is 15.0 Å². The number of benzene rings is 2. The van der Waals surface area contributed by atoms with Crippen LogP contribution in [0, 0.1) is 5.92 Å². The van der Waals surface area contributed by atoms with E-state index in [1.54, 1.807) is 42.5 Å². The van der Waals surface area contributed by atoms with Gasteiger partial charge in [0.2, 0.25) is 11.8 Å². The number of para-hydroxylation sites is 1. The van der Waals surface area contributed by atoms with Gasteiger partial charge in [-0.15, -0.1) is 0 Å². The molecular formula is C19H17ClF2N2O3. The highest BCUT2D eigenvalue weighted by molar-refractivity contribution is 6.30. The largest absolute Gasteiger partial charge is 0.434 e. The van der Waals surface area contributed by atoms with Crippen LogP contribution in [0.25, 0.3) is 0 Å². The van der Waals surface area contributed by atoms with E-state index in [1.807, 2.05) is 0 Å². The van der Waals surface area contributed by atoms with E-state index in [0.29, 0.717) is 29.2 Å². The molecule has 1 N–H and O–H groups in total. The lowest BCUT2D eigenvalue weighted by atomic mass is 10.1. The lowest BCUT2D eigenvalue weighted by molar-refractivity contribution is -0.132. The summed E-state index contributed by atoms with van der Waals surface area (Å²) in [5.74, 6) is -1.56. The molecule has 0 radical (unpaired) electrons. The number of carbonyl (C=O) groups is 2. The average Bonchev–Trinajstić information content (AvgIpc) is 3.02. The SMILES string of the molecule is O=C(NCc1ccccc1OC(F)F)C1CCN(c2ccc(Cl)cc2)C1=O. The second kappa shape index (κ2) is 8.35. The minimum atomic E-state index is -2.95. The summed E-state index contributed by atoms with van der Waals surface area (Å²) in [4.78, 5) is 26.5. The third-order valence-electron chi connectivity index (χ3n) is 4.30. The molecule has 2 amide bonds. The van der Waals surface area contributed by atoms with Crippen molar-refractivity contribution in [3.05, 3.63) is 59.1 Å². The predicted molar refractivity (Wildman–Crippen MR) is 96.8 cm³/mol. The summed E-state index contributed by atoms with van der Waals surface area (Å²) >= 11 is 5.85. The van der Waals surface area contributed by atoms with E-state index in [-0.39, 0.29) is 18.2 Å². The predicted octanol–water partition coefficient (Wildman–Crippen LogP) is 3.61. The fourth-order valence-electron chi connectivity index (χ4n) is 2.97. The van der Waals surface area contributed by atoms with Crippen molar-refractivity contribution in [3.8, 4) is 5.75 Å². The van der Waals surface area contributed by atoms with E-state index in [9.17, 15) is 18.4 Å². The van der Waals surface area contributed by atoms with Gasteiger partial charge >= 0.3 is 6.61 Å². The summed E-state index contributed by atoms with van der Waals surface area (Å²) in [7, 11) is 0. The molecule has 5 nitrogen and oxygen atoms in total. The molecule has 142 valence electrons. The molecule has 0 bridgehead atoms. The van der Waals surface area contributed by atoms with Crippen LogP contribution < -0.4 is 15.0 Å². The number of amides is 2. The van der Waals surface area contributed by atoms with Crippen LogP contribution in [-0.2, 0) is 16.1 Å². The first kappa shape index (κ1) is 19.1. The normalized spacial score (nSPS) is 16.7. The fourth-order valence-corrected chi connectivity index (χ4v) is 3.09. The molecular weight excluding hydrogens is 378 g/mol. The number of alkyl halides is 2. The second-order valence-electron chi connectivity index (χ2n) is 6.01. The molecule has 1 aliphatic rings. The highest BCUT2D eigenvalue weighted by Gasteiger charge is 2.37. The first-order chi connectivity index (χ1) is 13.0. The molecule has 1 heterocycles. The number of carbonyl (C=O) groups excluding carboxylic acids is 2. The van der Waals surface area contributed by atoms with Gasteiger partial charge in [-0.25, -0.2) is 0 Å². The van der Waals surface area contributed by atoms with Crippen LogP contribution in [0.1, 0.15) is 12.0 Å². The standard InChI is InChI=1S/C19H17ClF2N2O3/c20-13-5-7-14(8-6-13)24-10-9-15(18(24)26)17(25)23-11-12-3-1-2-4-16(12)27-19(21)22/h1-8,15,19H,9-11H2,(H,23,25). The fraction of sp³-hybridized carbons (Fsp3) is 0.263. The maximum Gasteiger partial charge on any atom is 0.387 e. The summed E-state index contributed by atoms with van der Waals surface area (Å²) in [6, 6.07) is 13.0. The molecule has 1 fully saturated rings. The Morgan fingerprint density at radius 1 is 1.22 bits per heavy atom. The summed E-state index contributed by atoms with van der Waals surface area (Å²) in [5, 5.41) is 3.19. The van der Waals surface area contributed by atoms with Gasteiger partial charge in [0.1, 0.15) is 11.7 Å². The molecule has 0 spiro atoms. The maximum atomic E-state index is 12.6. The molecule has 1 saturated heterocycles. The minimum Gasteiger partial charge on any atom is -0.434 e. The number of rotatable bonds is 6. The Kier molecular flexibility index (Phi) is 5.91. The molecule has 1 unspecified atom stereocenters. The number of hydrogen-bond donors (Lipinski definition) is 1. The highest BCUT2D eigenvalue weighted by atomic mass is 35.5. The smallest absolute Gasteiger partial charge is 0.387 e. The van der Waals surface area contributed by atoms with Gasteiger partial charge in [-0.1, -0.05) is 29.8 Å². The quantitative estimate of drug-likeness (QED) is 0.761. The Labute approximate surface area is 159 Å². The van der Waals surface area contributed by atoms with E-state index in [4.69, 9.17) is 11.6 Å². The second-order valence-corrected chi connectivity index (χ2v) is 6.45. The van der Waals surface area contributed by atoms with Crippen LogP contribution in [0.4, 0.5) is 14.5 Å². The van der Waals surface area contributed by atoms with E-state index in [2.05, 4.69) is 10.1 Å². The Morgan fingerprint density at radius 3 is 2.63 bits per heavy atom.